The number of fused-ring (bicyclic) bond motifs is 1. The van der Waals surface area contributed by atoms with Crippen LogP contribution in [-0.2, 0) is 10.0 Å². The lowest BCUT2D eigenvalue weighted by Crippen LogP contribution is -2.32. The van der Waals surface area contributed by atoms with Crippen LogP contribution in [0.25, 0.3) is 0 Å². The minimum Gasteiger partial charge on any atom is -0.493 e. The first-order chi connectivity index (χ1) is 15.0. The van der Waals surface area contributed by atoms with Crippen molar-refractivity contribution in [2.45, 2.75) is 24.3 Å². The number of rotatable bonds is 6. The van der Waals surface area contributed by atoms with Crippen LogP contribution in [-0.4, -0.2) is 27.5 Å². The Morgan fingerprint density at radius 2 is 1.68 bits per heavy atom. The molecule has 0 spiro atoms. The van der Waals surface area contributed by atoms with E-state index in [0.717, 1.165) is 11.3 Å². The summed E-state index contributed by atoms with van der Waals surface area (Å²) in [6.07, 6.45) is 0.678. The van der Waals surface area contributed by atoms with Crippen molar-refractivity contribution in [3.05, 3.63) is 90.0 Å². The highest BCUT2D eigenvalue weighted by Gasteiger charge is 2.25. The van der Waals surface area contributed by atoms with Gasteiger partial charge in [-0.25, -0.2) is 8.42 Å². The maximum Gasteiger partial charge on any atom is 0.264 e. The van der Waals surface area contributed by atoms with E-state index in [-0.39, 0.29) is 16.8 Å². The van der Waals surface area contributed by atoms with Crippen molar-refractivity contribution in [1.82, 2.24) is 5.32 Å². The summed E-state index contributed by atoms with van der Waals surface area (Å²) >= 11 is 0. The molecule has 3 aromatic carbocycles. The molecule has 0 radical (unpaired) electrons. The lowest BCUT2D eigenvalue weighted by Gasteiger charge is -2.26. The normalized spacial score (nSPS) is 15.5. The Labute approximate surface area is 182 Å². The maximum absolute atomic E-state index is 13.1. The van der Waals surface area contributed by atoms with Crippen LogP contribution < -0.4 is 14.4 Å². The Kier molecular flexibility index (Phi) is 5.95. The van der Waals surface area contributed by atoms with Gasteiger partial charge in [-0.3, -0.25) is 9.10 Å². The number of sulfonamides is 1. The predicted octanol–water partition coefficient (Wildman–Crippen LogP) is 4.16. The highest BCUT2D eigenvalue weighted by atomic mass is 32.2. The Bertz CT molecular complexity index is 1160. The summed E-state index contributed by atoms with van der Waals surface area (Å²) in [6, 6.07) is 22.5. The molecule has 31 heavy (non-hydrogen) atoms. The summed E-state index contributed by atoms with van der Waals surface area (Å²) in [5.74, 6) is 0.530. The van der Waals surface area contributed by atoms with E-state index in [1.807, 2.05) is 30.3 Å². The van der Waals surface area contributed by atoms with Crippen molar-refractivity contribution in [1.29, 1.82) is 0 Å². The van der Waals surface area contributed by atoms with E-state index in [1.54, 1.807) is 43.3 Å². The molecule has 0 saturated carbocycles. The fraction of sp³-hybridized carbons (Fsp3) is 0.208. The summed E-state index contributed by atoms with van der Waals surface area (Å²) in [5, 5.41) is 3.03. The van der Waals surface area contributed by atoms with Crippen LogP contribution in [0.2, 0.25) is 0 Å². The highest BCUT2D eigenvalue weighted by Crippen LogP contribution is 2.31. The monoisotopic (exact) mass is 436 g/mol. The molecule has 1 aliphatic rings. The first kappa shape index (κ1) is 20.9. The van der Waals surface area contributed by atoms with Gasteiger partial charge >= 0.3 is 0 Å². The Morgan fingerprint density at radius 1 is 1.00 bits per heavy atom. The average Bonchev–Trinajstić information content (AvgIpc) is 2.80. The van der Waals surface area contributed by atoms with Gasteiger partial charge < -0.3 is 10.1 Å². The summed E-state index contributed by atoms with van der Waals surface area (Å²) in [4.78, 5) is 12.9. The Balaban J connectivity index is 1.52. The zero-order valence-electron chi connectivity index (χ0n) is 17.2. The van der Waals surface area contributed by atoms with Crippen molar-refractivity contribution in [2.75, 3.05) is 17.5 Å². The molecule has 1 heterocycles. The molecule has 0 aliphatic carbocycles. The number of carbonyl (C=O) groups is 1. The quantitative estimate of drug-likeness (QED) is 0.630. The number of ether oxygens (including phenoxy) is 1. The number of para-hydroxylation sites is 2. The van der Waals surface area contributed by atoms with Gasteiger partial charge in [-0.05, 0) is 49.4 Å². The topological polar surface area (TPSA) is 75.7 Å². The third kappa shape index (κ3) is 4.27. The molecule has 0 saturated heterocycles. The van der Waals surface area contributed by atoms with Gasteiger partial charge in [0.25, 0.3) is 15.9 Å². The molecule has 7 heteroatoms. The van der Waals surface area contributed by atoms with Gasteiger partial charge in [-0.2, -0.15) is 0 Å². The van der Waals surface area contributed by atoms with E-state index < -0.39 is 10.0 Å². The first-order valence-corrected chi connectivity index (χ1v) is 11.6. The van der Waals surface area contributed by atoms with Gasteiger partial charge in [0.05, 0.1) is 23.2 Å². The SMILES string of the molecule is CCN(c1ccccc1)S(=O)(=O)c1ccc(C(=O)NC2CCOc3ccccc32)cc1. The van der Waals surface area contributed by atoms with E-state index in [1.165, 1.54) is 16.4 Å². The van der Waals surface area contributed by atoms with Crippen molar-refractivity contribution in [2.24, 2.45) is 0 Å². The van der Waals surface area contributed by atoms with Crippen molar-refractivity contribution in [3.63, 3.8) is 0 Å². The zero-order chi connectivity index (χ0) is 21.8. The van der Waals surface area contributed by atoms with E-state index >= 15 is 0 Å². The fourth-order valence-electron chi connectivity index (χ4n) is 3.72. The number of hydrogen-bond acceptors (Lipinski definition) is 4. The minimum atomic E-state index is -3.73. The van der Waals surface area contributed by atoms with Crippen LogP contribution in [0.15, 0.2) is 83.8 Å². The molecular weight excluding hydrogens is 412 g/mol. The van der Waals surface area contributed by atoms with Gasteiger partial charge in [0, 0.05) is 24.1 Å². The largest absolute Gasteiger partial charge is 0.493 e. The Hall–Kier alpha value is -3.32. The number of hydrogen-bond donors (Lipinski definition) is 1. The number of anilines is 1. The van der Waals surface area contributed by atoms with Crippen LogP contribution in [0.5, 0.6) is 5.75 Å². The summed E-state index contributed by atoms with van der Waals surface area (Å²) < 4.78 is 33.2. The molecule has 4 rings (SSSR count). The molecule has 1 N–H and O–H groups in total. The van der Waals surface area contributed by atoms with E-state index in [2.05, 4.69) is 5.32 Å². The lowest BCUT2D eigenvalue weighted by atomic mass is 10.00. The van der Waals surface area contributed by atoms with E-state index in [4.69, 9.17) is 4.74 Å². The lowest BCUT2D eigenvalue weighted by molar-refractivity contribution is 0.0924. The van der Waals surface area contributed by atoms with Crippen molar-refractivity contribution >= 4 is 21.6 Å². The smallest absolute Gasteiger partial charge is 0.264 e. The zero-order valence-corrected chi connectivity index (χ0v) is 18.0. The van der Waals surface area contributed by atoms with E-state index in [0.29, 0.717) is 30.8 Å². The molecule has 3 aromatic rings. The van der Waals surface area contributed by atoms with Crippen LogP contribution in [0.3, 0.4) is 0 Å². The molecule has 6 nitrogen and oxygen atoms in total. The number of amides is 1. The van der Waals surface area contributed by atoms with Crippen LogP contribution in [0.4, 0.5) is 5.69 Å². The van der Waals surface area contributed by atoms with Crippen molar-refractivity contribution < 1.29 is 17.9 Å². The average molecular weight is 437 g/mol. The number of carbonyl (C=O) groups excluding carboxylic acids is 1. The summed E-state index contributed by atoms with van der Waals surface area (Å²) in [7, 11) is -3.73. The molecule has 0 fully saturated rings. The van der Waals surface area contributed by atoms with Gasteiger partial charge in [0.2, 0.25) is 0 Å². The first-order valence-electron chi connectivity index (χ1n) is 10.2. The molecule has 1 unspecified atom stereocenters. The molecule has 1 amide bonds. The molecule has 0 bridgehead atoms. The molecule has 160 valence electrons. The second-order valence-corrected chi connectivity index (χ2v) is 9.09. The number of nitrogens with zero attached hydrogens (tertiary/aromatic N) is 1. The van der Waals surface area contributed by atoms with Gasteiger partial charge in [0.1, 0.15) is 5.75 Å². The fourth-order valence-corrected chi connectivity index (χ4v) is 5.20. The second-order valence-electron chi connectivity index (χ2n) is 7.23. The van der Waals surface area contributed by atoms with Crippen LogP contribution in [0.1, 0.15) is 35.3 Å². The Morgan fingerprint density at radius 3 is 2.39 bits per heavy atom. The summed E-state index contributed by atoms with van der Waals surface area (Å²) in [5.41, 5.74) is 1.96. The molecule has 1 atom stereocenters. The maximum atomic E-state index is 13.1. The number of benzene rings is 3. The molecular formula is C24H24N2O4S. The van der Waals surface area contributed by atoms with Gasteiger partial charge in [0.15, 0.2) is 0 Å². The predicted molar refractivity (Wildman–Crippen MR) is 120 cm³/mol. The minimum absolute atomic E-state index is 0.144. The van der Waals surface area contributed by atoms with E-state index in [9.17, 15) is 13.2 Å². The number of nitrogens with one attached hydrogen (secondary N) is 1. The third-order valence-corrected chi connectivity index (χ3v) is 7.22. The third-order valence-electron chi connectivity index (χ3n) is 5.30. The summed E-state index contributed by atoms with van der Waals surface area (Å²) in [6.45, 7) is 2.63. The van der Waals surface area contributed by atoms with Gasteiger partial charge in [-0.1, -0.05) is 36.4 Å². The molecule has 1 aliphatic heterocycles. The standard InChI is InChI=1S/C24H24N2O4S/c1-2-26(19-8-4-3-5-9-19)31(28,29)20-14-12-18(13-15-20)24(27)25-22-16-17-30-23-11-7-6-10-21(22)23/h3-15,22H,2,16-17H2,1H3,(H,25,27). The van der Waals surface area contributed by atoms with Crippen LogP contribution in [0, 0.1) is 0 Å². The molecule has 0 aromatic heterocycles. The highest BCUT2D eigenvalue weighted by molar-refractivity contribution is 7.92. The van der Waals surface area contributed by atoms with Crippen molar-refractivity contribution in [3.8, 4) is 5.75 Å². The second kappa shape index (κ2) is 8.81. The van der Waals surface area contributed by atoms with Gasteiger partial charge in [-0.15, -0.1) is 0 Å². The van der Waals surface area contributed by atoms with Crippen LogP contribution >= 0.6 is 0 Å².